The lowest BCUT2D eigenvalue weighted by Crippen LogP contribution is -2.40. The van der Waals surface area contributed by atoms with E-state index in [2.05, 4.69) is 10.3 Å². The highest BCUT2D eigenvalue weighted by Crippen LogP contribution is 2.40. The van der Waals surface area contributed by atoms with E-state index in [9.17, 15) is 14.7 Å². The van der Waals surface area contributed by atoms with Crippen LogP contribution < -0.4 is 14.8 Å². The molecule has 1 aromatic heterocycles. The van der Waals surface area contributed by atoms with E-state index in [0.717, 1.165) is 21.8 Å². The molecule has 35 heavy (non-hydrogen) atoms. The number of benzene rings is 2. The van der Waals surface area contributed by atoms with Gasteiger partial charge in [-0.3, -0.25) is 9.59 Å². The maximum Gasteiger partial charge on any atom is 0.228 e. The van der Waals surface area contributed by atoms with Crippen molar-refractivity contribution in [2.75, 3.05) is 20.2 Å². The zero-order chi connectivity index (χ0) is 24.5. The Balaban J connectivity index is 1.48. The highest BCUT2D eigenvalue weighted by molar-refractivity contribution is 7.09. The van der Waals surface area contributed by atoms with Gasteiger partial charge in [-0.2, -0.15) is 0 Å². The van der Waals surface area contributed by atoms with Crippen molar-refractivity contribution in [3.63, 3.8) is 0 Å². The molecule has 2 aromatic carbocycles. The third-order valence-electron chi connectivity index (χ3n) is 6.52. The number of phenols is 1. The minimum absolute atomic E-state index is 0.00770. The Morgan fingerprint density at radius 1 is 1.23 bits per heavy atom. The molecule has 1 saturated heterocycles. The number of carbonyl (C=O) groups excluding carboxylic acids is 2. The minimum Gasteiger partial charge on any atom is -0.504 e. The largest absolute Gasteiger partial charge is 0.504 e. The fourth-order valence-electron chi connectivity index (χ4n) is 4.70. The molecule has 182 valence electrons. The average Bonchev–Trinajstić information content (AvgIpc) is 3.45. The van der Waals surface area contributed by atoms with Crippen LogP contribution in [0.3, 0.4) is 0 Å². The van der Waals surface area contributed by atoms with Crippen molar-refractivity contribution in [1.29, 1.82) is 0 Å². The SMILES string of the molecule is COc1ccc2cc1Oc1cc(ccc1O)CCC(=O)N[C@@H]1CN(C(=O)Cc3csc(C)n3)C[C@@H]21. The molecule has 0 radical (unpaired) electrons. The van der Waals surface area contributed by atoms with E-state index in [1.54, 1.807) is 30.2 Å². The Hall–Kier alpha value is -3.59. The molecule has 0 saturated carbocycles. The summed E-state index contributed by atoms with van der Waals surface area (Å²) in [5.41, 5.74) is 2.56. The number of hydrogen-bond donors (Lipinski definition) is 2. The number of rotatable bonds is 3. The Kier molecular flexibility index (Phi) is 6.34. The smallest absolute Gasteiger partial charge is 0.228 e. The first-order valence-corrected chi connectivity index (χ1v) is 12.4. The average molecular weight is 494 g/mol. The Labute approximate surface area is 207 Å². The van der Waals surface area contributed by atoms with Crippen molar-refractivity contribution in [1.82, 2.24) is 15.2 Å². The van der Waals surface area contributed by atoms with Gasteiger partial charge in [-0.25, -0.2) is 4.98 Å². The van der Waals surface area contributed by atoms with Crippen LogP contribution in [-0.4, -0.2) is 53.0 Å². The summed E-state index contributed by atoms with van der Waals surface area (Å²) in [6.07, 6.45) is 1.03. The molecule has 3 aromatic rings. The van der Waals surface area contributed by atoms with E-state index in [0.29, 0.717) is 43.2 Å². The number of amides is 2. The second-order valence-electron chi connectivity index (χ2n) is 8.93. The number of aromatic hydroxyl groups is 1. The normalized spacial score (nSPS) is 19.5. The molecule has 2 N–H and O–H groups in total. The number of nitrogens with one attached hydrogen (secondary N) is 1. The summed E-state index contributed by atoms with van der Waals surface area (Å²) >= 11 is 1.53. The third-order valence-corrected chi connectivity index (χ3v) is 7.34. The maximum atomic E-state index is 13.1. The van der Waals surface area contributed by atoms with Gasteiger partial charge in [0.1, 0.15) is 0 Å². The van der Waals surface area contributed by atoms with Gasteiger partial charge < -0.3 is 24.8 Å². The van der Waals surface area contributed by atoms with Gasteiger partial charge in [0, 0.05) is 30.8 Å². The predicted molar refractivity (Wildman–Crippen MR) is 131 cm³/mol. The molecular weight excluding hydrogens is 466 g/mol. The lowest BCUT2D eigenvalue weighted by atomic mass is 9.93. The Morgan fingerprint density at radius 2 is 2.09 bits per heavy atom. The second-order valence-corrected chi connectivity index (χ2v) is 9.99. The van der Waals surface area contributed by atoms with Crippen molar-refractivity contribution in [3.05, 3.63) is 63.6 Å². The summed E-state index contributed by atoms with van der Waals surface area (Å²) in [5.74, 6) is 1.09. The number of fused-ring (bicyclic) bond motifs is 6. The van der Waals surface area contributed by atoms with Crippen LogP contribution in [0.15, 0.2) is 41.8 Å². The number of aryl methyl sites for hydroxylation is 2. The number of methoxy groups -OCH3 is 1. The first kappa shape index (κ1) is 23.2. The van der Waals surface area contributed by atoms with Crippen molar-refractivity contribution in [3.8, 4) is 23.0 Å². The van der Waals surface area contributed by atoms with E-state index < -0.39 is 0 Å². The highest BCUT2D eigenvalue weighted by Gasteiger charge is 2.37. The standard InChI is InChI=1S/C26H27N3O5S/c1-15-27-18(14-35-15)11-26(32)29-12-19-17-5-7-22(33-2)24(10-17)34-23-9-16(3-6-21(23)30)4-8-25(31)28-20(19)13-29/h3,5-7,9-10,14,19-20,30H,4,8,11-13H2,1-2H3,(H,28,31)/t19-,20+/m0/s1. The van der Waals surface area contributed by atoms with Crippen LogP contribution in [0.5, 0.6) is 23.0 Å². The second kappa shape index (κ2) is 9.58. The molecule has 0 aliphatic carbocycles. The first-order valence-electron chi connectivity index (χ1n) is 11.6. The molecule has 2 amide bonds. The number of hydrogen-bond acceptors (Lipinski definition) is 7. The summed E-state index contributed by atoms with van der Waals surface area (Å²) in [6, 6.07) is 10.5. The molecule has 2 aliphatic heterocycles. The number of carbonyl (C=O) groups is 2. The number of phenolic OH excluding ortho intramolecular Hbond substituents is 1. The van der Waals surface area contributed by atoms with Crippen molar-refractivity contribution < 1.29 is 24.2 Å². The van der Waals surface area contributed by atoms with Gasteiger partial charge in [-0.1, -0.05) is 12.1 Å². The van der Waals surface area contributed by atoms with Gasteiger partial charge in [-0.15, -0.1) is 11.3 Å². The molecule has 0 spiro atoms. The number of likely N-dealkylation sites (tertiary alicyclic amines) is 1. The van der Waals surface area contributed by atoms with Crippen LogP contribution >= 0.6 is 11.3 Å². The highest BCUT2D eigenvalue weighted by atomic mass is 32.1. The van der Waals surface area contributed by atoms with Crippen LogP contribution in [0, 0.1) is 6.92 Å². The van der Waals surface area contributed by atoms with Crippen LogP contribution in [0.2, 0.25) is 0 Å². The topological polar surface area (TPSA) is 101 Å². The molecule has 3 heterocycles. The summed E-state index contributed by atoms with van der Waals surface area (Å²) < 4.78 is 11.6. The van der Waals surface area contributed by atoms with Gasteiger partial charge in [0.05, 0.1) is 30.3 Å². The van der Waals surface area contributed by atoms with Crippen molar-refractivity contribution in [2.45, 2.75) is 38.1 Å². The molecule has 2 atom stereocenters. The van der Waals surface area contributed by atoms with Crippen LogP contribution in [0.25, 0.3) is 0 Å². The predicted octanol–water partition coefficient (Wildman–Crippen LogP) is 3.56. The summed E-state index contributed by atoms with van der Waals surface area (Å²) in [7, 11) is 1.56. The quantitative estimate of drug-likeness (QED) is 0.579. The summed E-state index contributed by atoms with van der Waals surface area (Å²) in [5, 5.41) is 16.4. The number of nitrogens with zero attached hydrogens (tertiary/aromatic N) is 2. The van der Waals surface area contributed by atoms with Gasteiger partial charge in [0.2, 0.25) is 11.8 Å². The zero-order valence-electron chi connectivity index (χ0n) is 19.6. The molecule has 1 fully saturated rings. The van der Waals surface area contributed by atoms with Crippen LogP contribution in [-0.2, 0) is 22.4 Å². The van der Waals surface area contributed by atoms with Gasteiger partial charge >= 0.3 is 0 Å². The number of aromatic nitrogens is 1. The summed E-state index contributed by atoms with van der Waals surface area (Å²) in [4.78, 5) is 32.2. The Morgan fingerprint density at radius 3 is 2.86 bits per heavy atom. The minimum atomic E-state index is -0.234. The molecule has 4 bridgehead atoms. The lowest BCUT2D eigenvalue weighted by molar-refractivity contribution is -0.130. The van der Waals surface area contributed by atoms with E-state index in [-0.39, 0.29) is 35.9 Å². The molecule has 2 aliphatic rings. The monoisotopic (exact) mass is 493 g/mol. The molecular formula is C26H27N3O5S. The van der Waals surface area contributed by atoms with Crippen LogP contribution in [0.4, 0.5) is 0 Å². The van der Waals surface area contributed by atoms with Gasteiger partial charge in [0.25, 0.3) is 0 Å². The molecule has 5 rings (SSSR count). The van der Waals surface area contributed by atoms with Crippen molar-refractivity contribution in [2.24, 2.45) is 0 Å². The molecule has 0 unspecified atom stereocenters. The third kappa shape index (κ3) is 4.95. The Bertz CT molecular complexity index is 1270. The maximum absolute atomic E-state index is 13.1. The van der Waals surface area contributed by atoms with Gasteiger partial charge in [0.15, 0.2) is 23.0 Å². The van der Waals surface area contributed by atoms with E-state index in [1.165, 1.54) is 11.3 Å². The van der Waals surface area contributed by atoms with E-state index in [1.807, 2.05) is 30.5 Å². The summed E-state index contributed by atoms with van der Waals surface area (Å²) in [6.45, 7) is 2.82. The molecule has 8 nitrogen and oxygen atoms in total. The van der Waals surface area contributed by atoms with Gasteiger partial charge in [-0.05, 0) is 48.7 Å². The number of ether oxygens (including phenoxy) is 2. The van der Waals surface area contributed by atoms with Crippen molar-refractivity contribution >= 4 is 23.2 Å². The van der Waals surface area contributed by atoms with Crippen LogP contribution in [0.1, 0.15) is 34.2 Å². The van der Waals surface area contributed by atoms with E-state index in [4.69, 9.17) is 9.47 Å². The zero-order valence-corrected chi connectivity index (χ0v) is 20.4. The fourth-order valence-corrected chi connectivity index (χ4v) is 5.32. The fraction of sp³-hybridized carbons (Fsp3) is 0.346. The van der Waals surface area contributed by atoms with E-state index >= 15 is 0 Å². The lowest BCUT2D eigenvalue weighted by Gasteiger charge is -2.21. The first-order chi connectivity index (χ1) is 16.9. The number of thiazole rings is 1. The molecule has 9 heteroatoms.